The summed E-state index contributed by atoms with van der Waals surface area (Å²) in [6, 6.07) is -0.300. The van der Waals surface area contributed by atoms with E-state index in [1.807, 2.05) is 11.3 Å². The molecule has 3 N–H and O–H groups in total. The maximum atomic E-state index is 11.0. The molecule has 1 amide bonds. The largest absolute Gasteiger partial charge is 0.389 e. The molecule has 1 heterocycles. The highest BCUT2D eigenvalue weighted by Gasteiger charge is 2.32. The maximum absolute atomic E-state index is 11.0. The molecule has 0 saturated carbocycles. The molecule has 0 spiro atoms. The Morgan fingerprint density at radius 1 is 1.77 bits per heavy atom. The van der Waals surface area contributed by atoms with E-state index in [-0.39, 0.29) is 11.9 Å². The van der Waals surface area contributed by atoms with Crippen molar-refractivity contribution in [3.8, 4) is 0 Å². The third kappa shape index (κ3) is 2.97. The van der Waals surface area contributed by atoms with Crippen LogP contribution in [0.15, 0.2) is 0 Å². The monoisotopic (exact) mass is 185 g/mol. The first-order valence-electron chi connectivity index (χ1n) is 4.49. The Kier molecular flexibility index (Phi) is 2.93. The average molecular weight is 185 g/mol. The molecule has 1 fully saturated rings. The lowest BCUT2D eigenvalue weighted by Crippen LogP contribution is -2.46. The van der Waals surface area contributed by atoms with E-state index in [0.717, 1.165) is 13.0 Å². The summed E-state index contributed by atoms with van der Waals surface area (Å²) in [5.41, 5.74) is 4.44. The Labute approximate surface area is 78.7 Å². The van der Waals surface area contributed by atoms with Gasteiger partial charge in [-0.25, -0.2) is 0 Å². The zero-order valence-electron chi connectivity index (χ0n) is 8.16. The first kappa shape index (κ1) is 10.5. The summed E-state index contributed by atoms with van der Waals surface area (Å²) in [7, 11) is 0. The average Bonchev–Trinajstić information content (AvgIpc) is 2.31. The molecule has 1 radical (unpaired) electrons. The van der Waals surface area contributed by atoms with Gasteiger partial charge in [0.2, 0.25) is 5.91 Å². The van der Waals surface area contributed by atoms with E-state index in [4.69, 9.17) is 5.73 Å². The fourth-order valence-electron chi connectivity index (χ4n) is 1.66. The van der Waals surface area contributed by atoms with Crippen molar-refractivity contribution < 1.29 is 9.90 Å². The van der Waals surface area contributed by atoms with Crippen LogP contribution in [0.5, 0.6) is 0 Å². The Balaban J connectivity index is 2.54. The normalized spacial score (nSPS) is 25.0. The van der Waals surface area contributed by atoms with Crippen LogP contribution < -0.4 is 5.73 Å². The molecule has 0 bridgehead atoms. The standard InChI is InChI=1S/C9H17N2O2/c1-9(2,13)6-11-5-3-4-7(11)8(10)12/h4,7,13H,3,5-6H2,1-2H3,(H2,10,12). The molecule has 4 nitrogen and oxygen atoms in total. The summed E-state index contributed by atoms with van der Waals surface area (Å²) >= 11 is 0. The van der Waals surface area contributed by atoms with Crippen molar-refractivity contribution in [3.63, 3.8) is 0 Å². The second kappa shape index (κ2) is 3.64. The Morgan fingerprint density at radius 3 is 2.85 bits per heavy atom. The molecule has 0 aromatic heterocycles. The van der Waals surface area contributed by atoms with Crippen molar-refractivity contribution >= 4 is 5.91 Å². The van der Waals surface area contributed by atoms with Crippen LogP contribution in [0.2, 0.25) is 0 Å². The number of rotatable bonds is 3. The first-order valence-corrected chi connectivity index (χ1v) is 4.49. The number of carbonyl (C=O) groups excluding carboxylic acids is 1. The van der Waals surface area contributed by atoms with Crippen LogP contribution in [-0.4, -0.2) is 40.6 Å². The predicted octanol–water partition coefficient (Wildman–Crippen LogP) is -0.479. The van der Waals surface area contributed by atoms with Gasteiger partial charge in [0.1, 0.15) is 0 Å². The van der Waals surface area contributed by atoms with E-state index in [1.165, 1.54) is 0 Å². The molecule has 13 heavy (non-hydrogen) atoms. The van der Waals surface area contributed by atoms with Crippen LogP contribution in [0.1, 0.15) is 20.3 Å². The van der Waals surface area contributed by atoms with E-state index in [1.54, 1.807) is 13.8 Å². The smallest absolute Gasteiger partial charge is 0.235 e. The highest BCUT2D eigenvalue weighted by Crippen LogP contribution is 2.18. The number of carbonyl (C=O) groups is 1. The number of amides is 1. The highest BCUT2D eigenvalue weighted by molar-refractivity contribution is 5.81. The Hall–Kier alpha value is -0.610. The third-order valence-electron chi connectivity index (χ3n) is 2.08. The van der Waals surface area contributed by atoms with Crippen LogP contribution >= 0.6 is 0 Å². The molecular weight excluding hydrogens is 168 g/mol. The molecule has 75 valence electrons. The Morgan fingerprint density at radius 2 is 2.38 bits per heavy atom. The molecule has 0 aromatic carbocycles. The van der Waals surface area contributed by atoms with Crippen LogP contribution in [0, 0.1) is 6.42 Å². The lowest BCUT2D eigenvalue weighted by molar-refractivity contribution is -0.122. The summed E-state index contributed by atoms with van der Waals surface area (Å²) < 4.78 is 0. The molecule has 1 atom stereocenters. The van der Waals surface area contributed by atoms with Crippen molar-refractivity contribution in [2.45, 2.75) is 31.9 Å². The molecule has 0 aromatic rings. The molecule has 1 aliphatic rings. The van der Waals surface area contributed by atoms with Gasteiger partial charge in [-0.15, -0.1) is 0 Å². The lowest BCUT2D eigenvalue weighted by Gasteiger charge is -2.28. The van der Waals surface area contributed by atoms with Gasteiger partial charge in [-0.1, -0.05) is 0 Å². The van der Waals surface area contributed by atoms with Crippen LogP contribution in [-0.2, 0) is 4.79 Å². The summed E-state index contributed by atoms with van der Waals surface area (Å²) in [4.78, 5) is 12.9. The van der Waals surface area contributed by atoms with E-state index < -0.39 is 5.60 Å². The van der Waals surface area contributed by atoms with E-state index in [9.17, 15) is 9.90 Å². The molecule has 1 unspecified atom stereocenters. The molecule has 1 saturated heterocycles. The Bertz CT molecular complexity index is 198. The van der Waals surface area contributed by atoms with Gasteiger partial charge < -0.3 is 10.8 Å². The lowest BCUT2D eigenvalue weighted by atomic mass is 10.1. The summed E-state index contributed by atoms with van der Waals surface area (Å²) in [6.45, 7) is 4.74. The van der Waals surface area contributed by atoms with E-state index >= 15 is 0 Å². The van der Waals surface area contributed by atoms with Crippen LogP contribution in [0.3, 0.4) is 0 Å². The number of aliphatic hydroxyl groups is 1. The van der Waals surface area contributed by atoms with Gasteiger partial charge in [-0.3, -0.25) is 9.69 Å². The fraction of sp³-hybridized carbons (Fsp3) is 0.778. The van der Waals surface area contributed by atoms with Gasteiger partial charge >= 0.3 is 0 Å². The number of β-amino-alcohol motifs (C(OH)–C–C–N with tert-alkyl or cyclic N) is 1. The highest BCUT2D eigenvalue weighted by atomic mass is 16.3. The molecule has 1 rings (SSSR count). The van der Waals surface area contributed by atoms with Gasteiger partial charge in [0.05, 0.1) is 11.6 Å². The van der Waals surface area contributed by atoms with E-state index in [2.05, 4.69) is 0 Å². The SMILES string of the molecule is CC(C)(O)CN1CC[CH]C1C(N)=O. The second-order valence-corrected chi connectivity index (χ2v) is 4.15. The molecular formula is C9H17N2O2. The van der Waals surface area contributed by atoms with Crippen LogP contribution in [0.25, 0.3) is 0 Å². The summed E-state index contributed by atoms with van der Waals surface area (Å²) in [5, 5.41) is 9.57. The van der Waals surface area contributed by atoms with Gasteiger partial charge in [0.15, 0.2) is 0 Å². The minimum Gasteiger partial charge on any atom is -0.389 e. The van der Waals surface area contributed by atoms with Crippen molar-refractivity contribution in [2.24, 2.45) is 5.73 Å². The number of hydrogen-bond acceptors (Lipinski definition) is 3. The number of nitrogens with zero attached hydrogens (tertiary/aromatic N) is 1. The second-order valence-electron chi connectivity index (χ2n) is 4.15. The maximum Gasteiger partial charge on any atom is 0.235 e. The van der Waals surface area contributed by atoms with Gasteiger partial charge in [0, 0.05) is 6.54 Å². The number of primary amides is 1. The van der Waals surface area contributed by atoms with E-state index in [0.29, 0.717) is 6.54 Å². The summed E-state index contributed by atoms with van der Waals surface area (Å²) in [6.07, 6.45) is 2.76. The molecule has 4 heteroatoms. The molecule has 1 aliphatic heterocycles. The summed E-state index contributed by atoms with van der Waals surface area (Å²) in [5.74, 6) is -0.332. The fourth-order valence-corrected chi connectivity index (χ4v) is 1.66. The minimum atomic E-state index is -0.772. The van der Waals surface area contributed by atoms with Crippen molar-refractivity contribution in [2.75, 3.05) is 13.1 Å². The minimum absolute atomic E-state index is 0.300. The van der Waals surface area contributed by atoms with Crippen molar-refractivity contribution in [1.29, 1.82) is 0 Å². The third-order valence-corrected chi connectivity index (χ3v) is 2.08. The number of likely N-dealkylation sites (tertiary alicyclic amines) is 1. The van der Waals surface area contributed by atoms with Gasteiger partial charge in [-0.2, -0.15) is 0 Å². The molecule has 0 aliphatic carbocycles. The number of nitrogens with two attached hydrogens (primary N) is 1. The zero-order chi connectivity index (χ0) is 10.1. The zero-order valence-corrected chi connectivity index (χ0v) is 8.16. The number of hydrogen-bond donors (Lipinski definition) is 2. The quantitative estimate of drug-likeness (QED) is 0.624. The van der Waals surface area contributed by atoms with Gasteiger partial charge in [0.25, 0.3) is 0 Å². The van der Waals surface area contributed by atoms with Crippen LogP contribution in [0.4, 0.5) is 0 Å². The first-order chi connectivity index (χ1) is 5.90. The van der Waals surface area contributed by atoms with Gasteiger partial charge in [-0.05, 0) is 33.2 Å². The van der Waals surface area contributed by atoms with Crippen molar-refractivity contribution in [3.05, 3.63) is 6.42 Å². The predicted molar refractivity (Wildman–Crippen MR) is 49.8 cm³/mol. The van der Waals surface area contributed by atoms with Crippen molar-refractivity contribution in [1.82, 2.24) is 4.90 Å². The topological polar surface area (TPSA) is 66.6 Å².